The molecular formula is C11H20O4Si. The van der Waals surface area contributed by atoms with Gasteiger partial charge in [-0.2, -0.15) is 0 Å². The fourth-order valence-electron chi connectivity index (χ4n) is 2.21. The van der Waals surface area contributed by atoms with E-state index in [0.29, 0.717) is 0 Å². The van der Waals surface area contributed by atoms with E-state index in [-0.39, 0.29) is 17.0 Å². The van der Waals surface area contributed by atoms with Crippen LogP contribution < -0.4 is 0 Å². The molecule has 0 radical (unpaired) electrons. The molecule has 4 nitrogen and oxygen atoms in total. The molecule has 1 aliphatic carbocycles. The average Bonchev–Trinajstić information content (AvgIpc) is 2.16. The zero-order valence-corrected chi connectivity index (χ0v) is 11.4. The molecule has 0 spiro atoms. The molecule has 92 valence electrons. The number of carbonyl (C=O) groups is 2. The van der Waals surface area contributed by atoms with E-state index in [0.717, 1.165) is 25.7 Å². The molecule has 0 aromatic carbocycles. The number of hydrogen-bond acceptors (Lipinski definition) is 4. The Labute approximate surface area is 98.2 Å². The normalized spacial score (nSPS) is 19.2. The smallest absolute Gasteiger partial charge is 0.454 e. The number of hydrogen-bond donors (Lipinski definition) is 0. The van der Waals surface area contributed by atoms with E-state index >= 15 is 0 Å². The highest BCUT2D eigenvalue weighted by atomic mass is 28.3. The van der Waals surface area contributed by atoms with Crippen molar-refractivity contribution in [2.24, 2.45) is 0 Å². The SMILES string of the molecule is CC(=O)O[SiH](OC(C)=O)C1(C)CCCCC1. The summed E-state index contributed by atoms with van der Waals surface area (Å²) in [7, 11) is -2.24. The third-order valence-corrected chi connectivity index (χ3v) is 5.92. The van der Waals surface area contributed by atoms with Gasteiger partial charge in [0.1, 0.15) is 0 Å². The third-order valence-electron chi connectivity index (χ3n) is 3.11. The molecule has 16 heavy (non-hydrogen) atoms. The van der Waals surface area contributed by atoms with E-state index in [2.05, 4.69) is 6.92 Å². The molecule has 5 heteroatoms. The second-order valence-electron chi connectivity index (χ2n) is 4.77. The predicted molar refractivity (Wildman–Crippen MR) is 62.1 cm³/mol. The average molecular weight is 244 g/mol. The van der Waals surface area contributed by atoms with E-state index < -0.39 is 9.28 Å². The van der Waals surface area contributed by atoms with Crippen LogP contribution in [0, 0.1) is 0 Å². The van der Waals surface area contributed by atoms with Crippen LogP contribution in [0.5, 0.6) is 0 Å². The predicted octanol–water partition coefficient (Wildman–Crippen LogP) is 2.06. The Morgan fingerprint density at radius 2 is 1.44 bits per heavy atom. The minimum Gasteiger partial charge on any atom is -0.487 e. The van der Waals surface area contributed by atoms with Gasteiger partial charge in [-0.25, -0.2) is 0 Å². The summed E-state index contributed by atoms with van der Waals surface area (Å²) in [5, 5.41) is -0.0877. The molecule has 0 amide bonds. The van der Waals surface area contributed by atoms with Gasteiger partial charge < -0.3 is 8.85 Å². The lowest BCUT2D eigenvalue weighted by Crippen LogP contribution is -2.40. The first-order chi connectivity index (χ1) is 7.44. The van der Waals surface area contributed by atoms with Crippen LogP contribution in [0.4, 0.5) is 0 Å². The fraction of sp³-hybridized carbons (Fsp3) is 0.818. The minimum atomic E-state index is -2.24. The van der Waals surface area contributed by atoms with Crippen LogP contribution in [0.3, 0.4) is 0 Å². The zero-order chi connectivity index (χ0) is 12.2. The van der Waals surface area contributed by atoms with Crippen molar-refractivity contribution in [3.05, 3.63) is 0 Å². The molecular weight excluding hydrogens is 224 g/mol. The van der Waals surface area contributed by atoms with Crippen molar-refractivity contribution in [1.82, 2.24) is 0 Å². The van der Waals surface area contributed by atoms with Crippen LogP contribution in [0.25, 0.3) is 0 Å². The van der Waals surface area contributed by atoms with Gasteiger partial charge in [0, 0.05) is 18.9 Å². The molecule has 0 aliphatic heterocycles. The van der Waals surface area contributed by atoms with Crippen LogP contribution in [0.1, 0.15) is 52.9 Å². The van der Waals surface area contributed by atoms with E-state index in [1.165, 1.54) is 20.3 Å². The Morgan fingerprint density at radius 1 is 1.00 bits per heavy atom. The maximum absolute atomic E-state index is 11.0. The van der Waals surface area contributed by atoms with Crippen LogP contribution in [-0.2, 0) is 18.4 Å². The summed E-state index contributed by atoms with van der Waals surface area (Å²) in [5.41, 5.74) is 0. The molecule has 0 atom stereocenters. The molecule has 1 fully saturated rings. The summed E-state index contributed by atoms with van der Waals surface area (Å²) in [4.78, 5) is 22.1. The summed E-state index contributed by atoms with van der Waals surface area (Å²) in [6.45, 7) is 4.82. The van der Waals surface area contributed by atoms with Crippen molar-refractivity contribution in [3.63, 3.8) is 0 Å². The lowest BCUT2D eigenvalue weighted by atomic mass is 9.90. The Hall–Kier alpha value is -0.843. The highest BCUT2D eigenvalue weighted by Gasteiger charge is 2.43. The first-order valence-corrected chi connectivity index (χ1v) is 7.30. The van der Waals surface area contributed by atoms with Gasteiger partial charge in [0.25, 0.3) is 11.9 Å². The van der Waals surface area contributed by atoms with Crippen molar-refractivity contribution in [1.29, 1.82) is 0 Å². The summed E-state index contributed by atoms with van der Waals surface area (Å²) in [6, 6.07) is 0. The number of carbonyl (C=O) groups excluding carboxylic acids is 2. The Bertz CT molecular complexity index is 255. The first kappa shape index (κ1) is 13.2. The van der Waals surface area contributed by atoms with Crippen LogP contribution >= 0.6 is 0 Å². The second-order valence-corrected chi connectivity index (χ2v) is 7.29. The summed E-state index contributed by atoms with van der Waals surface area (Å²) < 4.78 is 10.5. The quantitative estimate of drug-likeness (QED) is 0.713. The Kier molecular flexibility index (Phi) is 4.52. The topological polar surface area (TPSA) is 52.6 Å². The highest BCUT2D eigenvalue weighted by Crippen LogP contribution is 2.45. The van der Waals surface area contributed by atoms with Gasteiger partial charge in [-0.15, -0.1) is 0 Å². The van der Waals surface area contributed by atoms with Crippen LogP contribution in [-0.4, -0.2) is 21.2 Å². The fourth-order valence-corrected chi connectivity index (χ4v) is 4.30. The van der Waals surface area contributed by atoms with Crippen molar-refractivity contribution in [3.8, 4) is 0 Å². The van der Waals surface area contributed by atoms with Gasteiger partial charge in [-0.1, -0.05) is 26.2 Å². The summed E-state index contributed by atoms with van der Waals surface area (Å²) in [6.07, 6.45) is 5.46. The lowest BCUT2D eigenvalue weighted by Gasteiger charge is -2.36. The van der Waals surface area contributed by atoms with E-state index in [1.807, 2.05) is 0 Å². The van der Waals surface area contributed by atoms with Crippen molar-refractivity contribution >= 4 is 21.2 Å². The number of rotatable bonds is 3. The molecule has 0 unspecified atom stereocenters. The molecule has 1 aliphatic rings. The molecule has 0 aromatic rings. The first-order valence-electron chi connectivity index (χ1n) is 5.78. The monoisotopic (exact) mass is 244 g/mol. The third kappa shape index (κ3) is 3.63. The highest BCUT2D eigenvalue weighted by molar-refractivity contribution is 6.52. The van der Waals surface area contributed by atoms with E-state index in [9.17, 15) is 9.59 Å². The second kappa shape index (κ2) is 5.47. The maximum Gasteiger partial charge on any atom is 0.454 e. The minimum absolute atomic E-state index is 0.0877. The molecule has 1 rings (SSSR count). The van der Waals surface area contributed by atoms with E-state index in [4.69, 9.17) is 8.85 Å². The standard InChI is InChI=1S/C11H20O4Si/c1-9(12)14-16(15-10(2)13)11(3)7-5-4-6-8-11/h16H,4-8H2,1-3H3. The van der Waals surface area contributed by atoms with Gasteiger partial charge >= 0.3 is 9.28 Å². The van der Waals surface area contributed by atoms with Gasteiger partial charge in [0.2, 0.25) is 0 Å². The lowest BCUT2D eigenvalue weighted by molar-refractivity contribution is -0.138. The Balaban J connectivity index is 2.72. The molecule has 0 bridgehead atoms. The molecule has 0 aromatic heterocycles. The molecule has 0 heterocycles. The van der Waals surface area contributed by atoms with Gasteiger partial charge in [0.15, 0.2) is 0 Å². The molecule has 0 N–H and O–H groups in total. The van der Waals surface area contributed by atoms with Crippen LogP contribution in [0.15, 0.2) is 0 Å². The van der Waals surface area contributed by atoms with Gasteiger partial charge in [0.05, 0.1) is 0 Å². The molecule has 1 saturated carbocycles. The summed E-state index contributed by atoms with van der Waals surface area (Å²) >= 11 is 0. The van der Waals surface area contributed by atoms with Crippen molar-refractivity contribution < 1.29 is 18.4 Å². The van der Waals surface area contributed by atoms with Crippen molar-refractivity contribution in [2.75, 3.05) is 0 Å². The maximum atomic E-state index is 11.0. The van der Waals surface area contributed by atoms with Crippen molar-refractivity contribution in [2.45, 2.75) is 57.9 Å². The van der Waals surface area contributed by atoms with Crippen LogP contribution in [0.2, 0.25) is 5.04 Å². The van der Waals surface area contributed by atoms with Gasteiger partial charge in [-0.05, 0) is 12.8 Å². The molecule has 0 saturated heterocycles. The zero-order valence-electron chi connectivity index (χ0n) is 10.2. The Morgan fingerprint density at radius 3 is 1.81 bits per heavy atom. The largest absolute Gasteiger partial charge is 0.487 e. The van der Waals surface area contributed by atoms with E-state index in [1.54, 1.807) is 0 Å². The summed E-state index contributed by atoms with van der Waals surface area (Å²) in [5.74, 6) is -0.686. The van der Waals surface area contributed by atoms with Gasteiger partial charge in [-0.3, -0.25) is 9.59 Å².